The van der Waals surface area contributed by atoms with Crippen molar-refractivity contribution in [1.82, 2.24) is 4.98 Å². The van der Waals surface area contributed by atoms with Crippen molar-refractivity contribution in [2.24, 2.45) is 0 Å². The summed E-state index contributed by atoms with van der Waals surface area (Å²) in [5.41, 5.74) is 5.20. The molecular weight excluding hydrogens is 387 g/mol. The number of thiazole rings is 1. The molecule has 1 N–H and O–H groups in total. The van der Waals surface area contributed by atoms with E-state index in [0.29, 0.717) is 20.7 Å². The zero-order chi connectivity index (χ0) is 18.1. The Morgan fingerprint density at radius 3 is 2.65 bits per heavy atom. The van der Waals surface area contributed by atoms with Crippen molar-refractivity contribution >= 4 is 45.6 Å². The summed E-state index contributed by atoms with van der Waals surface area (Å²) in [5.74, 6) is -0.294. The van der Waals surface area contributed by atoms with Crippen LogP contribution < -0.4 is 5.32 Å². The van der Waals surface area contributed by atoms with Gasteiger partial charge in [-0.25, -0.2) is 4.98 Å². The lowest BCUT2D eigenvalue weighted by Gasteiger charge is -2.16. The Bertz CT molecular complexity index is 984. The number of nitrogens with one attached hydrogen (secondary N) is 1. The Hall–Kier alpha value is -1.88. The van der Waals surface area contributed by atoms with E-state index in [9.17, 15) is 4.79 Å². The molecule has 132 valence electrons. The van der Waals surface area contributed by atoms with Crippen LogP contribution in [0.4, 0.5) is 5.13 Å². The first kappa shape index (κ1) is 17.5. The van der Waals surface area contributed by atoms with Gasteiger partial charge in [0.05, 0.1) is 16.3 Å². The number of halogens is 2. The number of hydrogen-bond donors (Lipinski definition) is 1. The second-order valence-electron chi connectivity index (χ2n) is 6.31. The third-order valence-electron chi connectivity index (χ3n) is 4.54. The summed E-state index contributed by atoms with van der Waals surface area (Å²) in [6.45, 7) is 0. The molecule has 0 fully saturated rings. The largest absolute Gasteiger partial charge is 0.298 e. The number of benzene rings is 2. The summed E-state index contributed by atoms with van der Waals surface area (Å²) in [5, 5.41) is 6.14. The van der Waals surface area contributed by atoms with Crippen molar-refractivity contribution in [3.63, 3.8) is 0 Å². The maximum atomic E-state index is 12.4. The number of fused-ring (bicyclic) bond motifs is 1. The van der Waals surface area contributed by atoms with Gasteiger partial charge in [-0.15, -0.1) is 11.3 Å². The Morgan fingerprint density at radius 1 is 1.04 bits per heavy atom. The summed E-state index contributed by atoms with van der Waals surface area (Å²) in [4.78, 5) is 17.0. The van der Waals surface area contributed by atoms with Gasteiger partial charge in [-0.3, -0.25) is 10.1 Å². The predicted octanol–water partition coefficient (Wildman–Crippen LogP) is 6.25. The molecule has 1 heterocycles. The van der Waals surface area contributed by atoms with Crippen LogP contribution in [0.15, 0.2) is 41.8 Å². The summed E-state index contributed by atoms with van der Waals surface area (Å²) in [7, 11) is 0. The van der Waals surface area contributed by atoms with E-state index in [1.165, 1.54) is 35.3 Å². The van der Waals surface area contributed by atoms with Crippen molar-refractivity contribution < 1.29 is 4.79 Å². The fourth-order valence-corrected chi connectivity index (χ4v) is 4.40. The number of aryl methyl sites for hydroxylation is 2. The number of aromatic nitrogens is 1. The van der Waals surface area contributed by atoms with E-state index in [-0.39, 0.29) is 5.91 Å². The topological polar surface area (TPSA) is 42.0 Å². The molecule has 0 spiro atoms. The van der Waals surface area contributed by atoms with Gasteiger partial charge in [0.2, 0.25) is 0 Å². The molecule has 0 radical (unpaired) electrons. The third kappa shape index (κ3) is 3.63. The van der Waals surface area contributed by atoms with Gasteiger partial charge in [0.15, 0.2) is 5.13 Å². The van der Waals surface area contributed by atoms with Crippen LogP contribution in [0.3, 0.4) is 0 Å². The Balaban J connectivity index is 1.54. The van der Waals surface area contributed by atoms with Crippen LogP contribution in [-0.4, -0.2) is 10.9 Å². The second-order valence-corrected chi connectivity index (χ2v) is 8.01. The number of carbonyl (C=O) groups is 1. The molecule has 1 aliphatic carbocycles. The highest BCUT2D eigenvalue weighted by atomic mass is 35.5. The van der Waals surface area contributed by atoms with Crippen LogP contribution >= 0.6 is 34.5 Å². The molecule has 1 aliphatic rings. The minimum atomic E-state index is -0.294. The van der Waals surface area contributed by atoms with Crippen molar-refractivity contribution in [2.45, 2.75) is 25.7 Å². The Kier molecular flexibility index (Phi) is 4.98. The zero-order valence-corrected chi connectivity index (χ0v) is 16.2. The van der Waals surface area contributed by atoms with Crippen molar-refractivity contribution in [1.29, 1.82) is 0 Å². The summed E-state index contributed by atoms with van der Waals surface area (Å²) in [6, 6.07) is 11.3. The van der Waals surface area contributed by atoms with Gasteiger partial charge in [-0.05, 0) is 61.1 Å². The smallest absolute Gasteiger partial charge is 0.258 e. The number of amides is 1. The zero-order valence-electron chi connectivity index (χ0n) is 13.9. The van der Waals surface area contributed by atoms with Crippen LogP contribution in [-0.2, 0) is 12.8 Å². The van der Waals surface area contributed by atoms with Gasteiger partial charge in [0, 0.05) is 16.0 Å². The lowest BCUT2D eigenvalue weighted by molar-refractivity contribution is 0.102. The van der Waals surface area contributed by atoms with E-state index in [0.717, 1.165) is 24.1 Å². The molecule has 6 heteroatoms. The Morgan fingerprint density at radius 2 is 1.85 bits per heavy atom. The van der Waals surface area contributed by atoms with E-state index in [2.05, 4.69) is 28.5 Å². The second kappa shape index (κ2) is 7.39. The van der Waals surface area contributed by atoms with Gasteiger partial charge in [0.25, 0.3) is 5.91 Å². The first-order valence-corrected chi connectivity index (χ1v) is 10.1. The van der Waals surface area contributed by atoms with Crippen LogP contribution in [0.1, 0.15) is 34.3 Å². The third-order valence-corrected chi connectivity index (χ3v) is 5.85. The maximum Gasteiger partial charge on any atom is 0.258 e. The molecule has 0 unspecified atom stereocenters. The first-order chi connectivity index (χ1) is 12.6. The van der Waals surface area contributed by atoms with E-state index in [1.54, 1.807) is 18.2 Å². The Labute approximate surface area is 166 Å². The van der Waals surface area contributed by atoms with E-state index in [4.69, 9.17) is 23.2 Å². The highest BCUT2D eigenvalue weighted by molar-refractivity contribution is 7.14. The van der Waals surface area contributed by atoms with E-state index >= 15 is 0 Å². The maximum absolute atomic E-state index is 12.4. The monoisotopic (exact) mass is 402 g/mol. The van der Waals surface area contributed by atoms with Crippen molar-refractivity contribution in [3.05, 3.63) is 68.5 Å². The lowest BCUT2D eigenvalue weighted by Crippen LogP contribution is -2.12. The average Bonchev–Trinajstić information content (AvgIpc) is 3.09. The van der Waals surface area contributed by atoms with Crippen LogP contribution in [0.5, 0.6) is 0 Å². The molecular formula is C20H16Cl2N2OS. The molecule has 0 saturated carbocycles. The molecule has 4 rings (SSSR count). The number of rotatable bonds is 3. The summed E-state index contributed by atoms with van der Waals surface area (Å²) < 4.78 is 0. The predicted molar refractivity (Wildman–Crippen MR) is 109 cm³/mol. The molecule has 0 saturated heterocycles. The van der Waals surface area contributed by atoms with E-state index < -0.39 is 0 Å². The molecule has 3 nitrogen and oxygen atoms in total. The minimum absolute atomic E-state index is 0.294. The van der Waals surface area contributed by atoms with Gasteiger partial charge in [-0.2, -0.15) is 0 Å². The van der Waals surface area contributed by atoms with Crippen molar-refractivity contribution in [3.8, 4) is 11.3 Å². The average molecular weight is 403 g/mol. The minimum Gasteiger partial charge on any atom is -0.298 e. The molecule has 2 aromatic carbocycles. The number of anilines is 1. The quantitative estimate of drug-likeness (QED) is 0.562. The van der Waals surface area contributed by atoms with Gasteiger partial charge in [-0.1, -0.05) is 35.3 Å². The summed E-state index contributed by atoms with van der Waals surface area (Å²) >= 11 is 13.4. The molecule has 1 aromatic heterocycles. The fraction of sp³-hybridized carbons (Fsp3) is 0.200. The normalized spacial score (nSPS) is 13.3. The molecule has 0 bridgehead atoms. The molecule has 1 amide bonds. The lowest BCUT2D eigenvalue weighted by atomic mass is 9.90. The van der Waals surface area contributed by atoms with Crippen LogP contribution in [0, 0.1) is 0 Å². The highest BCUT2D eigenvalue weighted by Gasteiger charge is 2.15. The standard InChI is InChI=1S/C20H16Cl2N2OS/c21-15-7-8-16(17(22)10-15)19(25)24-20-23-18(11-26-20)14-6-5-12-3-1-2-4-13(12)9-14/h5-11H,1-4H2,(H,23,24,25). The molecule has 3 aromatic rings. The SMILES string of the molecule is O=C(Nc1nc(-c2ccc3c(c2)CCCC3)cs1)c1ccc(Cl)cc1Cl. The van der Waals surface area contributed by atoms with Crippen molar-refractivity contribution in [2.75, 3.05) is 5.32 Å². The fourth-order valence-electron chi connectivity index (χ4n) is 3.19. The van der Waals surface area contributed by atoms with Gasteiger partial charge < -0.3 is 0 Å². The van der Waals surface area contributed by atoms with Gasteiger partial charge in [0.1, 0.15) is 0 Å². The van der Waals surface area contributed by atoms with Gasteiger partial charge >= 0.3 is 0 Å². The molecule has 0 aliphatic heterocycles. The summed E-state index contributed by atoms with van der Waals surface area (Å²) in [6.07, 6.45) is 4.81. The number of carbonyl (C=O) groups excluding carboxylic acids is 1. The number of hydrogen-bond acceptors (Lipinski definition) is 3. The molecule has 26 heavy (non-hydrogen) atoms. The van der Waals surface area contributed by atoms with Crippen LogP contribution in [0.2, 0.25) is 10.0 Å². The first-order valence-electron chi connectivity index (χ1n) is 8.44. The van der Waals surface area contributed by atoms with E-state index in [1.807, 2.05) is 5.38 Å². The molecule has 0 atom stereocenters. The van der Waals surface area contributed by atoms with Crippen LogP contribution in [0.25, 0.3) is 11.3 Å². The highest BCUT2D eigenvalue weighted by Crippen LogP contribution is 2.30. The number of nitrogens with zero attached hydrogens (tertiary/aromatic N) is 1.